The Morgan fingerprint density at radius 3 is 2.47 bits per heavy atom. The van der Waals surface area contributed by atoms with Crippen LogP contribution in [0.2, 0.25) is 0 Å². The Morgan fingerprint density at radius 1 is 1.06 bits per heavy atom. The highest BCUT2D eigenvalue weighted by Gasteiger charge is 2.39. The molecule has 0 fully saturated rings. The summed E-state index contributed by atoms with van der Waals surface area (Å²) in [5, 5.41) is 0. The fourth-order valence-corrected chi connectivity index (χ4v) is 5.66. The minimum atomic E-state index is -4.89. The summed E-state index contributed by atoms with van der Waals surface area (Å²) >= 11 is 0. The molecule has 5 rings (SSSR count). The first kappa shape index (κ1) is 23.5. The number of fused-ring (bicyclic) bond motifs is 2. The molecule has 0 bridgehead atoms. The molecule has 0 saturated heterocycles. The van der Waals surface area contributed by atoms with Crippen molar-refractivity contribution in [3.63, 3.8) is 0 Å². The zero-order valence-corrected chi connectivity index (χ0v) is 19.4. The summed E-state index contributed by atoms with van der Waals surface area (Å²) in [6, 6.07) is 10.1. The SMILES string of the molecule is CCC(C1=Nc2ccccc2S(=O)(=O)N1c1ccc(OC(F)(F)F)cc1)n1cnc2c(N)ncnc21. The number of anilines is 2. The molecule has 1 aliphatic heterocycles. The van der Waals surface area contributed by atoms with Gasteiger partial charge in [0.1, 0.15) is 28.3 Å². The van der Waals surface area contributed by atoms with Crippen LogP contribution in [0.4, 0.5) is 30.4 Å². The van der Waals surface area contributed by atoms with Gasteiger partial charge in [-0.05, 0) is 42.8 Å². The van der Waals surface area contributed by atoms with Gasteiger partial charge in [-0.25, -0.2) is 32.7 Å². The number of imidazole rings is 1. The monoisotopic (exact) mass is 517 g/mol. The van der Waals surface area contributed by atoms with Gasteiger partial charge in [0.05, 0.1) is 23.7 Å². The number of nitrogens with two attached hydrogens (primary N) is 1. The van der Waals surface area contributed by atoms with Gasteiger partial charge >= 0.3 is 6.36 Å². The second-order valence-corrected chi connectivity index (χ2v) is 9.51. The number of nitrogen functional groups attached to an aromatic ring is 1. The molecule has 0 aliphatic carbocycles. The molecule has 3 heterocycles. The lowest BCUT2D eigenvalue weighted by Gasteiger charge is -2.34. The van der Waals surface area contributed by atoms with Crippen molar-refractivity contribution in [2.45, 2.75) is 30.6 Å². The number of aliphatic imine (C=N–C) groups is 1. The van der Waals surface area contributed by atoms with Gasteiger partial charge in [-0.2, -0.15) is 0 Å². The summed E-state index contributed by atoms with van der Waals surface area (Å²) < 4.78 is 72.1. The van der Waals surface area contributed by atoms with E-state index in [9.17, 15) is 21.6 Å². The summed E-state index contributed by atoms with van der Waals surface area (Å²) in [6.45, 7) is 1.83. The van der Waals surface area contributed by atoms with Gasteiger partial charge in [-0.1, -0.05) is 19.1 Å². The van der Waals surface area contributed by atoms with E-state index >= 15 is 0 Å². The lowest BCUT2D eigenvalue weighted by molar-refractivity contribution is -0.274. The van der Waals surface area contributed by atoms with Crippen molar-refractivity contribution in [1.82, 2.24) is 19.5 Å². The Labute approximate surface area is 202 Å². The minimum absolute atomic E-state index is 0.0405. The van der Waals surface area contributed by atoms with Crippen LogP contribution in [0.15, 0.2) is 71.1 Å². The number of ether oxygens (including phenoxy) is 1. The lowest BCUT2D eigenvalue weighted by atomic mass is 10.1. The molecule has 0 saturated carbocycles. The standard InChI is InChI=1S/C22H18F3N7O3S/c1-2-16(31-12-29-18-19(26)27-11-28-21(18)31)20-30-15-5-3-4-6-17(15)36(33,34)32(20)13-7-9-14(10-8-13)35-22(23,24)25/h3-12,16H,2H2,1H3,(H2,26,27,28). The highest BCUT2D eigenvalue weighted by molar-refractivity contribution is 7.93. The highest BCUT2D eigenvalue weighted by atomic mass is 32.2. The zero-order valence-electron chi connectivity index (χ0n) is 18.6. The number of amidine groups is 1. The molecular weight excluding hydrogens is 499 g/mol. The van der Waals surface area contributed by atoms with Crippen LogP contribution in [0.1, 0.15) is 19.4 Å². The zero-order chi connectivity index (χ0) is 25.7. The molecule has 2 aromatic carbocycles. The van der Waals surface area contributed by atoms with Gasteiger partial charge in [-0.15, -0.1) is 13.2 Å². The van der Waals surface area contributed by atoms with Crippen LogP contribution in [-0.4, -0.2) is 40.1 Å². The van der Waals surface area contributed by atoms with Crippen LogP contribution in [0.25, 0.3) is 11.2 Å². The first-order chi connectivity index (χ1) is 17.1. The second-order valence-electron chi connectivity index (χ2n) is 7.76. The highest BCUT2D eigenvalue weighted by Crippen LogP contribution is 2.39. The smallest absolute Gasteiger partial charge is 0.406 e. The Kier molecular flexibility index (Phi) is 5.54. The number of hydrogen-bond donors (Lipinski definition) is 1. The molecule has 2 N–H and O–H groups in total. The molecule has 186 valence electrons. The number of aromatic nitrogens is 4. The molecular formula is C22H18F3N7O3S. The molecule has 14 heteroatoms. The van der Waals surface area contributed by atoms with Crippen LogP contribution >= 0.6 is 0 Å². The van der Waals surface area contributed by atoms with Crippen molar-refractivity contribution < 1.29 is 26.3 Å². The lowest BCUT2D eigenvalue weighted by Crippen LogP contribution is -2.43. The van der Waals surface area contributed by atoms with Gasteiger partial charge < -0.3 is 15.0 Å². The summed E-state index contributed by atoms with van der Waals surface area (Å²) in [7, 11) is -4.19. The predicted molar refractivity (Wildman–Crippen MR) is 125 cm³/mol. The van der Waals surface area contributed by atoms with E-state index in [2.05, 4.69) is 24.7 Å². The molecule has 0 amide bonds. The maximum atomic E-state index is 13.8. The number of para-hydroxylation sites is 1. The first-order valence-electron chi connectivity index (χ1n) is 10.6. The molecule has 1 aliphatic rings. The number of alkyl halides is 3. The van der Waals surface area contributed by atoms with Crippen molar-refractivity contribution in [1.29, 1.82) is 0 Å². The molecule has 2 aromatic heterocycles. The molecule has 36 heavy (non-hydrogen) atoms. The number of rotatable bonds is 5. The Bertz CT molecular complexity index is 1580. The average Bonchev–Trinajstić information content (AvgIpc) is 3.25. The van der Waals surface area contributed by atoms with Crippen molar-refractivity contribution in [3.8, 4) is 5.75 Å². The third kappa shape index (κ3) is 3.98. The minimum Gasteiger partial charge on any atom is -0.406 e. The molecule has 1 atom stereocenters. The van der Waals surface area contributed by atoms with Gasteiger partial charge in [0.2, 0.25) is 0 Å². The maximum Gasteiger partial charge on any atom is 0.573 e. The van der Waals surface area contributed by atoms with Crippen LogP contribution in [-0.2, 0) is 10.0 Å². The van der Waals surface area contributed by atoms with Crippen molar-refractivity contribution in [3.05, 3.63) is 61.2 Å². The third-order valence-corrected chi connectivity index (χ3v) is 7.32. The van der Waals surface area contributed by atoms with Crippen molar-refractivity contribution in [2.24, 2.45) is 4.99 Å². The summed E-state index contributed by atoms with van der Waals surface area (Å²) in [5.41, 5.74) is 6.95. The number of halogens is 3. The Hall–Kier alpha value is -4.20. The number of sulfonamides is 1. The van der Waals surface area contributed by atoms with Crippen molar-refractivity contribution in [2.75, 3.05) is 10.0 Å². The van der Waals surface area contributed by atoms with E-state index in [4.69, 9.17) is 5.73 Å². The molecule has 0 spiro atoms. The summed E-state index contributed by atoms with van der Waals surface area (Å²) in [6.07, 6.45) is -1.77. The quantitative estimate of drug-likeness (QED) is 0.420. The van der Waals surface area contributed by atoms with Crippen LogP contribution < -0.4 is 14.8 Å². The largest absolute Gasteiger partial charge is 0.573 e. The Balaban J connectivity index is 1.69. The Morgan fingerprint density at radius 2 is 1.78 bits per heavy atom. The van der Waals surface area contributed by atoms with Gasteiger partial charge in [0, 0.05) is 0 Å². The molecule has 0 radical (unpaired) electrons. The topological polar surface area (TPSA) is 129 Å². The third-order valence-electron chi connectivity index (χ3n) is 5.54. The fraction of sp³-hybridized carbons (Fsp3) is 0.182. The molecule has 4 aromatic rings. The average molecular weight is 517 g/mol. The molecule has 1 unspecified atom stereocenters. The van der Waals surface area contributed by atoms with E-state index in [-0.39, 0.29) is 27.9 Å². The van der Waals surface area contributed by atoms with E-state index in [0.29, 0.717) is 17.6 Å². The van der Waals surface area contributed by atoms with E-state index in [1.165, 1.54) is 30.9 Å². The van der Waals surface area contributed by atoms with E-state index in [0.717, 1.165) is 16.4 Å². The van der Waals surface area contributed by atoms with Gasteiger partial charge in [0.25, 0.3) is 10.0 Å². The summed E-state index contributed by atoms with van der Waals surface area (Å²) in [5.74, 6) is -0.217. The maximum absolute atomic E-state index is 13.8. The normalized spacial score (nSPS) is 15.9. The molecule has 10 nitrogen and oxygen atoms in total. The first-order valence-corrected chi connectivity index (χ1v) is 12.1. The number of benzene rings is 2. The predicted octanol–water partition coefficient (Wildman–Crippen LogP) is 4.20. The number of hydrogen-bond acceptors (Lipinski definition) is 8. The van der Waals surface area contributed by atoms with Gasteiger partial charge in [-0.3, -0.25) is 0 Å². The van der Waals surface area contributed by atoms with E-state index in [1.807, 2.05) is 6.92 Å². The second kappa shape index (κ2) is 8.48. The number of nitrogens with zero attached hydrogens (tertiary/aromatic N) is 6. The summed E-state index contributed by atoms with van der Waals surface area (Å²) in [4.78, 5) is 17.1. The van der Waals surface area contributed by atoms with Crippen LogP contribution in [0, 0.1) is 0 Å². The van der Waals surface area contributed by atoms with E-state index in [1.54, 1.807) is 22.8 Å². The van der Waals surface area contributed by atoms with E-state index < -0.39 is 28.2 Å². The van der Waals surface area contributed by atoms with Crippen LogP contribution in [0.3, 0.4) is 0 Å². The van der Waals surface area contributed by atoms with Crippen molar-refractivity contribution >= 4 is 44.2 Å². The fourth-order valence-electron chi connectivity index (χ4n) is 4.02. The van der Waals surface area contributed by atoms with Gasteiger partial charge in [0.15, 0.2) is 11.5 Å². The van der Waals surface area contributed by atoms with Crippen LogP contribution in [0.5, 0.6) is 5.75 Å².